The maximum absolute atomic E-state index is 12.1. The van der Waals surface area contributed by atoms with Gasteiger partial charge in [-0.1, -0.05) is 12.1 Å². The molecule has 104 valence electrons. The summed E-state index contributed by atoms with van der Waals surface area (Å²) >= 11 is 0. The second-order valence-corrected chi connectivity index (χ2v) is 5.73. The van der Waals surface area contributed by atoms with E-state index in [1.165, 1.54) is 6.07 Å². The number of rotatable bonds is 2. The Morgan fingerprint density at radius 2 is 1.85 bits per heavy atom. The van der Waals surface area contributed by atoms with Crippen LogP contribution in [0.15, 0.2) is 47.4 Å². The number of benzene rings is 1. The number of amides is 1. The first-order chi connectivity index (χ1) is 9.35. The zero-order valence-electron chi connectivity index (χ0n) is 11.9. The highest BCUT2D eigenvalue weighted by Gasteiger charge is 2.15. The molecule has 0 aliphatic carbocycles. The summed E-state index contributed by atoms with van der Waals surface area (Å²) in [6.45, 7) is 5.82. The summed E-state index contributed by atoms with van der Waals surface area (Å²) in [5.74, 6) is -0.108. The SMILES string of the molecule is CC(C)(C)NC(=O)c1cccc(-c2ccc(=O)[nH]c2)c1. The minimum atomic E-state index is -0.273. The van der Waals surface area contributed by atoms with Gasteiger partial charge in [-0.05, 0) is 50.1 Å². The van der Waals surface area contributed by atoms with Crippen LogP contribution < -0.4 is 10.9 Å². The lowest BCUT2D eigenvalue weighted by Crippen LogP contribution is -2.40. The zero-order chi connectivity index (χ0) is 14.8. The van der Waals surface area contributed by atoms with E-state index in [0.29, 0.717) is 5.56 Å². The Morgan fingerprint density at radius 3 is 2.45 bits per heavy atom. The highest BCUT2D eigenvalue weighted by atomic mass is 16.1. The van der Waals surface area contributed by atoms with Crippen LogP contribution in [-0.4, -0.2) is 16.4 Å². The third-order valence-electron chi connectivity index (χ3n) is 2.73. The average molecular weight is 270 g/mol. The molecule has 1 aromatic carbocycles. The molecule has 4 heteroatoms. The molecule has 1 amide bonds. The summed E-state index contributed by atoms with van der Waals surface area (Å²) in [7, 11) is 0. The highest BCUT2D eigenvalue weighted by Crippen LogP contribution is 2.19. The molecule has 20 heavy (non-hydrogen) atoms. The second kappa shape index (κ2) is 5.33. The van der Waals surface area contributed by atoms with Crippen molar-refractivity contribution in [2.24, 2.45) is 0 Å². The van der Waals surface area contributed by atoms with Crippen molar-refractivity contribution in [1.29, 1.82) is 0 Å². The van der Waals surface area contributed by atoms with Gasteiger partial charge in [0.05, 0.1) is 0 Å². The van der Waals surface area contributed by atoms with Gasteiger partial charge in [-0.3, -0.25) is 9.59 Å². The first-order valence-electron chi connectivity index (χ1n) is 6.47. The molecule has 0 bridgehead atoms. The van der Waals surface area contributed by atoms with Crippen LogP contribution in [0.25, 0.3) is 11.1 Å². The molecule has 1 heterocycles. The second-order valence-electron chi connectivity index (χ2n) is 5.73. The van der Waals surface area contributed by atoms with Crippen LogP contribution in [0.1, 0.15) is 31.1 Å². The standard InChI is InChI=1S/C16H18N2O2/c1-16(2,3)18-15(20)12-6-4-5-11(9-12)13-7-8-14(19)17-10-13/h4-10H,1-3H3,(H,17,19)(H,18,20). The number of nitrogens with one attached hydrogen (secondary N) is 2. The first kappa shape index (κ1) is 14.1. The molecule has 1 aromatic heterocycles. The lowest BCUT2D eigenvalue weighted by atomic mass is 10.0. The molecule has 2 rings (SSSR count). The number of aromatic amines is 1. The monoisotopic (exact) mass is 270 g/mol. The van der Waals surface area contributed by atoms with Gasteiger partial charge in [-0.2, -0.15) is 0 Å². The third-order valence-corrected chi connectivity index (χ3v) is 2.73. The molecule has 0 saturated heterocycles. The molecule has 0 spiro atoms. The molecule has 0 aliphatic rings. The molecule has 0 radical (unpaired) electrons. The zero-order valence-corrected chi connectivity index (χ0v) is 11.9. The summed E-state index contributed by atoms with van der Waals surface area (Å²) < 4.78 is 0. The van der Waals surface area contributed by atoms with Crippen LogP contribution in [0.4, 0.5) is 0 Å². The molecule has 0 saturated carbocycles. The van der Waals surface area contributed by atoms with Gasteiger partial charge in [-0.15, -0.1) is 0 Å². The maximum atomic E-state index is 12.1. The lowest BCUT2D eigenvalue weighted by molar-refractivity contribution is 0.0919. The molecule has 0 atom stereocenters. The first-order valence-corrected chi connectivity index (χ1v) is 6.47. The molecule has 0 aliphatic heterocycles. The van der Waals surface area contributed by atoms with Gasteiger partial charge in [0, 0.05) is 23.4 Å². The molecule has 0 unspecified atom stereocenters. The van der Waals surface area contributed by atoms with Crippen molar-refractivity contribution in [3.8, 4) is 11.1 Å². The smallest absolute Gasteiger partial charge is 0.251 e. The molecule has 0 fully saturated rings. The average Bonchev–Trinajstić information content (AvgIpc) is 2.38. The van der Waals surface area contributed by atoms with Gasteiger partial charge in [0.2, 0.25) is 5.56 Å². The Bertz CT molecular complexity index is 661. The van der Waals surface area contributed by atoms with Gasteiger partial charge in [0.15, 0.2) is 0 Å². The molecule has 2 N–H and O–H groups in total. The van der Waals surface area contributed by atoms with E-state index in [4.69, 9.17) is 0 Å². The van der Waals surface area contributed by atoms with Crippen LogP contribution >= 0.6 is 0 Å². The van der Waals surface area contributed by atoms with Crippen LogP contribution in [0.2, 0.25) is 0 Å². The van der Waals surface area contributed by atoms with E-state index in [1.54, 1.807) is 18.3 Å². The van der Waals surface area contributed by atoms with Crippen molar-refractivity contribution >= 4 is 5.91 Å². The number of aromatic nitrogens is 1. The normalized spacial score (nSPS) is 11.2. The Morgan fingerprint density at radius 1 is 1.10 bits per heavy atom. The van der Waals surface area contributed by atoms with Gasteiger partial charge >= 0.3 is 0 Å². The fourth-order valence-electron chi connectivity index (χ4n) is 1.84. The summed E-state index contributed by atoms with van der Waals surface area (Å²) in [6.07, 6.45) is 1.64. The summed E-state index contributed by atoms with van der Waals surface area (Å²) in [6, 6.07) is 10.5. The minimum absolute atomic E-state index is 0.108. The van der Waals surface area contributed by atoms with Gasteiger partial charge in [0.25, 0.3) is 5.91 Å². The predicted octanol–water partition coefficient (Wildman–Crippen LogP) is 2.57. The molecular weight excluding hydrogens is 252 g/mol. The van der Waals surface area contributed by atoms with Crippen LogP contribution in [0, 0.1) is 0 Å². The fraction of sp³-hybridized carbons (Fsp3) is 0.250. The topological polar surface area (TPSA) is 62.0 Å². The summed E-state index contributed by atoms with van der Waals surface area (Å²) in [5.41, 5.74) is 1.95. The summed E-state index contributed by atoms with van der Waals surface area (Å²) in [5, 5.41) is 2.93. The number of H-pyrrole nitrogens is 1. The number of pyridine rings is 1. The Balaban J connectivity index is 2.30. The maximum Gasteiger partial charge on any atom is 0.251 e. The van der Waals surface area contributed by atoms with Crippen LogP contribution in [-0.2, 0) is 0 Å². The van der Waals surface area contributed by atoms with E-state index >= 15 is 0 Å². The van der Waals surface area contributed by atoms with Crippen molar-refractivity contribution in [3.05, 3.63) is 58.5 Å². The van der Waals surface area contributed by atoms with E-state index in [9.17, 15) is 9.59 Å². The van der Waals surface area contributed by atoms with Crippen molar-refractivity contribution in [1.82, 2.24) is 10.3 Å². The molecular formula is C16H18N2O2. The Labute approximate surface area is 117 Å². The molecule has 4 nitrogen and oxygen atoms in total. The van der Waals surface area contributed by atoms with E-state index in [2.05, 4.69) is 10.3 Å². The molecule has 2 aromatic rings. The highest BCUT2D eigenvalue weighted by molar-refractivity contribution is 5.95. The van der Waals surface area contributed by atoms with Gasteiger partial charge in [-0.25, -0.2) is 0 Å². The predicted molar refractivity (Wildman–Crippen MR) is 79.7 cm³/mol. The number of carbonyl (C=O) groups is 1. The van der Waals surface area contributed by atoms with Crippen molar-refractivity contribution < 1.29 is 4.79 Å². The van der Waals surface area contributed by atoms with Crippen LogP contribution in [0.5, 0.6) is 0 Å². The van der Waals surface area contributed by atoms with E-state index in [0.717, 1.165) is 11.1 Å². The Kier molecular flexibility index (Phi) is 3.74. The van der Waals surface area contributed by atoms with Gasteiger partial charge < -0.3 is 10.3 Å². The van der Waals surface area contributed by atoms with E-state index in [1.807, 2.05) is 39.0 Å². The fourth-order valence-corrected chi connectivity index (χ4v) is 1.84. The summed E-state index contributed by atoms with van der Waals surface area (Å²) in [4.78, 5) is 25.8. The Hall–Kier alpha value is -2.36. The van der Waals surface area contributed by atoms with Gasteiger partial charge in [0.1, 0.15) is 0 Å². The number of hydrogen-bond donors (Lipinski definition) is 2. The number of carbonyl (C=O) groups excluding carboxylic acids is 1. The van der Waals surface area contributed by atoms with Crippen molar-refractivity contribution in [2.75, 3.05) is 0 Å². The largest absolute Gasteiger partial charge is 0.347 e. The van der Waals surface area contributed by atoms with E-state index < -0.39 is 0 Å². The number of hydrogen-bond acceptors (Lipinski definition) is 2. The van der Waals surface area contributed by atoms with Crippen molar-refractivity contribution in [2.45, 2.75) is 26.3 Å². The minimum Gasteiger partial charge on any atom is -0.347 e. The van der Waals surface area contributed by atoms with Crippen molar-refractivity contribution in [3.63, 3.8) is 0 Å². The quantitative estimate of drug-likeness (QED) is 0.881. The third kappa shape index (κ3) is 3.57. The lowest BCUT2D eigenvalue weighted by Gasteiger charge is -2.20. The van der Waals surface area contributed by atoms with Crippen LogP contribution in [0.3, 0.4) is 0 Å². The van der Waals surface area contributed by atoms with E-state index in [-0.39, 0.29) is 17.0 Å².